The fourth-order valence-electron chi connectivity index (χ4n) is 1.51. The quantitative estimate of drug-likeness (QED) is 0.777. The number of para-hydroxylation sites is 1. The normalized spacial score (nSPS) is 15.5. The highest BCUT2D eigenvalue weighted by atomic mass is 79.9. The number of hydrogen-bond donors (Lipinski definition) is 0. The molecule has 1 saturated heterocycles. The van der Waals surface area contributed by atoms with Crippen molar-refractivity contribution >= 4 is 21.6 Å². The minimum Gasteiger partial charge on any atom is -0.378 e. The molecule has 0 N–H and O–H groups in total. The average molecular weight is 272 g/mol. The topological polar surface area (TPSA) is 12.5 Å². The van der Waals surface area contributed by atoms with Crippen molar-refractivity contribution < 1.29 is 4.74 Å². The second kappa shape index (κ2) is 6.85. The van der Waals surface area contributed by atoms with Gasteiger partial charge in [-0.2, -0.15) is 0 Å². The Labute approximate surface area is 100 Å². The van der Waals surface area contributed by atoms with Gasteiger partial charge >= 0.3 is 0 Å². The third-order valence-corrected chi connectivity index (χ3v) is 2.87. The predicted octanol–water partition coefficient (Wildman–Crippen LogP) is 3.31. The highest BCUT2D eigenvalue weighted by Gasteiger charge is 2.12. The third-order valence-electron chi connectivity index (χ3n) is 2.20. The molecule has 2 nitrogen and oxygen atoms in total. The van der Waals surface area contributed by atoms with Gasteiger partial charge < -0.3 is 9.64 Å². The van der Waals surface area contributed by atoms with Crippen molar-refractivity contribution in [2.24, 2.45) is 0 Å². The number of anilines is 1. The highest BCUT2D eigenvalue weighted by Crippen LogP contribution is 2.25. The molecule has 1 aromatic rings. The summed E-state index contributed by atoms with van der Waals surface area (Å²) >= 11 is 3.55. The van der Waals surface area contributed by atoms with E-state index in [0.29, 0.717) is 0 Å². The standard InChI is InChI=1S/C10H12BrNO.C2H6/c11-9-3-1-2-4-10(9)12-5-7-13-8-6-12;1-2/h1-4H,5-8H2;1-2H3. The summed E-state index contributed by atoms with van der Waals surface area (Å²) in [6.07, 6.45) is 0. The number of halogens is 1. The van der Waals surface area contributed by atoms with E-state index >= 15 is 0 Å². The predicted molar refractivity (Wildman–Crippen MR) is 68.5 cm³/mol. The lowest BCUT2D eigenvalue weighted by Gasteiger charge is -2.29. The van der Waals surface area contributed by atoms with Crippen LogP contribution in [0, 0.1) is 0 Å². The van der Waals surface area contributed by atoms with Crippen molar-refractivity contribution in [3.05, 3.63) is 28.7 Å². The SMILES string of the molecule is Brc1ccccc1N1CCOCC1.CC. The van der Waals surface area contributed by atoms with Gasteiger partial charge in [-0.05, 0) is 28.1 Å². The van der Waals surface area contributed by atoms with Gasteiger partial charge in [0.25, 0.3) is 0 Å². The summed E-state index contributed by atoms with van der Waals surface area (Å²) in [6.45, 7) is 7.65. The molecule has 0 amide bonds. The third kappa shape index (κ3) is 3.50. The first kappa shape index (κ1) is 12.5. The molecule has 0 aliphatic carbocycles. The molecule has 2 rings (SSSR count). The maximum absolute atomic E-state index is 5.30. The van der Waals surface area contributed by atoms with Crippen LogP contribution in [0.3, 0.4) is 0 Å². The van der Waals surface area contributed by atoms with Crippen molar-refractivity contribution in [1.82, 2.24) is 0 Å². The van der Waals surface area contributed by atoms with Crippen LogP contribution in [0.2, 0.25) is 0 Å². The van der Waals surface area contributed by atoms with Gasteiger partial charge in [-0.15, -0.1) is 0 Å². The molecular weight excluding hydrogens is 254 g/mol. The van der Waals surface area contributed by atoms with Gasteiger partial charge in [-0.3, -0.25) is 0 Å². The van der Waals surface area contributed by atoms with Gasteiger partial charge in [-0.25, -0.2) is 0 Å². The molecule has 1 fully saturated rings. The van der Waals surface area contributed by atoms with Crippen molar-refractivity contribution in [2.75, 3.05) is 31.2 Å². The molecule has 15 heavy (non-hydrogen) atoms. The zero-order valence-electron chi connectivity index (χ0n) is 9.37. The van der Waals surface area contributed by atoms with Crippen LogP contribution >= 0.6 is 15.9 Å². The second-order valence-electron chi connectivity index (χ2n) is 3.05. The molecule has 0 spiro atoms. The van der Waals surface area contributed by atoms with Gasteiger partial charge in [-0.1, -0.05) is 26.0 Å². The molecule has 0 bridgehead atoms. The van der Waals surface area contributed by atoms with E-state index in [1.54, 1.807) is 0 Å². The number of ether oxygens (including phenoxy) is 1. The summed E-state index contributed by atoms with van der Waals surface area (Å²) < 4.78 is 6.47. The lowest BCUT2D eigenvalue weighted by atomic mass is 10.3. The van der Waals surface area contributed by atoms with Crippen molar-refractivity contribution in [1.29, 1.82) is 0 Å². The molecule has 0 unspecified atom stereocenters. The van der Waals surface area contributed by atoms with Crippen LogP contribution in [-0.2, 0) is 4.74 Å². The van der Waals surface area contributed by atoms with Crippen LogP contribution in [0.15, 0.2) is 28.7 Å². The van der Waals surface area contributed by atoms with Crippen LogP contribution in [0.4, 0.5) is 5.69 Å². The van der Waals surface area contributed by atoms with E-state index in [1.807, 2.05) is 19.9 Å². The summed E-state index contributed by atoms with van der Waals surface area (Å²) in [5.41, 5.74) is 1.27. The summed E-state index contributed by atoms with van der Waals surface area (Å²) in [6, 6.07) is 8.31. The summed E-state index contributed by atoms with van der Waals surface area (Å²) in [5.74, 6) is 0. The Morgan fingerprint density at radius 1 is 1.13 bits per heavy atom. The molecule has 0 atom stereocenters. The molecule has 1 heterocycles. The Hall–Kier alpha value is -0.540. The van der Waals surface area contributed by atoms with Gasteiger partial charge in [0.15, 0.2) is 0 Å². The maximum Gasteiger partial charge on any atom is 0.0642 e. The molecule has 1 aromatic carbocycles. The number of rotatable bonds is 1. The Bertz CT molecular complexity index is 285. The fraction of sp³-hybridized carbons (Fsp3) is 0.500. The van der Waals surface area contributed by atoms with Crippen molar-refractivity contribution in [3.8, 4) is 0 Å². The summed E-state index contributed by atoms with van der Waals surface area (Å²) in [4.78, 5) is 2.34. The van der Waals surface area contributed by atoms with E-state index < -0.39 is 0 Å². The van der Waals surface area contributed by atoms with E-state index in [1.165, 1.54) is 5.69 Å². The van der Waals surface area contributed by atoms with E-state index in [9.17, 15) is 0 Å². The largest absolute Gasteiger partial charge is 0.378 e. The van der Waals surface area contributed by atoms with E-state index in [2.05, 4.69) is 39.0 Å². The summed E-state index contributed by atoms with van der Waals surface area (Å²) in [5, 5.41) is 0. The smallest absolute Gasteiger partial charge is 0.0642 e. The van der Waals surface area contributed by atoms with Gasteiger partial charge in [0.2, 0.25) is 0 Å². The first-order chi connectivity index (χ1) is 7.38. The van der Waals surface area contributed by atoms with Crippen LogP contribution in [-0.4, -0.2) is 26.3 Å². The zero-order valence-corrected chi connectivity index (χ0v) is 11.0. The minimum absolute atomic E-state index is 0.835. The fourth-order valence-corrected chi connectivity index (χ4v) is 2.05. The number of hydrogen-bond acceptors (Lipinski definition) is 2. The summed E-state index contributed by atoms with van der Waals surface area (Å²) in [7, 11) is 0. The molecule has 0 saturated carbocycles. The maximum atomic E-state index is 5.30. The monoisotopic (exact) mass is 271 g/mol. The Kier molecular flexibility index (Phi) is 5.73. The molecule has 0 radical (unpaired) electrons. The minimum atomic E-state index is 0.835. The van der Waals surface area contributed by atoms with E-state index in [-0.39, 0.29) is 0 Å². The van der Waals surface area contributed by atoms with Gasteiger partial charge in [0, 0.05) is 17.6 Å². The van der Waals surface area contributed by atoms with Gasteiger partial charge in [0.1, 0.15) is 0 Å². The molecular formula is C12H18BrNO. The molecule has 1 aliphatic heterocycles. The first-order valence-corrected chi connectivity index (χ1v) is 6.24. The molecule has 3 heteroatoms. The molecule has 0 aromatic heterocycles. The molecule has 84 valence electrons. The van der Waals surface area contributed by atoms with Crippen LogP contribution in [0.1, 0.15) is 13.8 Å². The van der Waals surface area contributed by atoms with E-state index in [0.717, 1.165) is 30.8 Å². The highest BCUT2D eigenvalue weighted by molar-refractivity contribution is 9.10. The van der Waals surface area contributed by atoms with Crippen LogP contribution in [0.25, 0.3) is 0 Å². The zero-order chi connectivity index (χ0) is 11.1. The Balaban J connectivity index is 0.000000531. The second-order valence-corrected chi connectivity index (χ2v) is 3.91. The van der Waals surface area contributed by atoms with Crippen LogP contribution in [0.5, 0.6) is 0 Å². The number of benzene rings is 1. The lowest BCUT2D eigenvalue weighted by molar-refractivity contribution is 0.122. The lowest BCUT2D eigenvalue weighted by Crippen LogP contribution is -2.36. The van der Waals surface area contributed by atoms with Crippen molar-refractivity contribution in [2.45, 2.75) is 13.8 Å². The van der Waals surface area contributed by atoms with Crippen molar-refractivity contribution in [3.63, 3.8) is 0 Å². The molecule has 1 aliphatic rings. The number of morpholine rings is 1. The average Bonchev–Trinajstić information content (AvgIpc) is 2.33. The van der Waals surface area contributed by atoms with E-state index in [4.69, 9.17) is 4.74 Å². The van der Waals surface area contributed by atoms with Gasteiger partial charge in [0.05, 0.1) is 18.9 Å². The Morgan fingerprint density at radius 3 is 2.33 bits per heavy atom. The van der Waals surface area contributed by atoms with Crippen LogP contribution < -0.4 is 4.90 Å². The Morgan fingerprint density at radius 2 is 1.73 bits per heavy atom. The first-order valence-electron chi connectivity index (χ1n) is 5.45. The number of nitrogens with zero attached hydrogens (tertiary/aromatic N) is 1.